The molecular weight excluding hydrogens is 123 g/mol. The quantitative estimate of drug-likeness (QED) is 0.277. The van der Waals surface area contributed by atoms with Crippen molar-refractivity contribution in [3.63, 3.8) is 0 Å². The maximum Gasteiger partial charge on any atom is 1.00 e. The Hall–Kier alpha value is 0.720. The Morgan fingerprint density at radius 3 is 1.43 bits per heavy atom. The molecule has 0 bridgehead atoms. The van der Waals surface area contributed by atoms with Crippen LogP contribution in [-0.2, 0) is 0 Å². The van der Waals surface area contributed by atoms with E-state index in [0.29, 0.717) is 0 Å². The molecule has 5 heteroatoms. The van der Waals surface area contributed by atoms with Crippen molar-refractivity contribution < 1.29 is 48.5 Å². The van der Waals surface area contributed by atoms with Crippen LogP contribution in [0.15, 0.2) is 0 Å². The summed E-state index contributed by atoms with van der Waals surface area (Å²) in [6.07, 6.45) is -4.62. The van der Waals surface area contributed by atoms with Crippen molar-refractivity contribution in [1.29, 1.82) is 0 Å². The van der Waals surface area contributed by atoms with E-state index in [1.165, 1.54) is 0 Å². The van der Waals surface area contributed by atoms with E-state index < -0.39 is 12.9 Å². The van der Waals surface area contributed by atoms with Gasteiger partial charge in [0.25, 0.3) is 0 Å². The van der Waals surface area contributed by atoms with Crippen molar-refractivity contribution in [3.05, 3.63) is 0 Å². The predicted octanol–water partition coefficient (Wildman–Crippen LogP) is -1.37. The first-order chi connectivity index (χ1) is 2.56. The van der Waals surface area contributed by atoms with Crippen LogP contribution >= 0.6 is 0 Å². The summed E-state index contributed by atoms with van der Waals surface area (Å²) in [4.78, 5) is 0. The van der Waals surface area contributed by atoms with Crippen molar-refractivity contribution in [2.45, 2.75) is 6.18 Å². The second kappa shape index (κ2) is 3.69. The third-order valence-electron chi connectivity index (χ3n) is 0.152. The Morgan fingerprint density at radius 2 is 1.43 bits per heavy atom. The predicted molar refractivity (Wildman–Crippen MR) is 13.1 cm³/mol. The van der Waals surface area contributed by atoms with Crippen molar-refractivity contribution in [1.82, 2.24) is 0 Å². The summed E-state index contributed by atoms with van der Waals surface area (Å²) in [5.74, 6) is 0. The second-order valence-corrected chi connectivity index (χ2v) is 0.749. The van der Waals surface area contributed by atoms with Crippen LogP contribution in [0.1, 0.15) is 1.43 Å². The third kappa shape index (κ3) is 10.8. The van der Waals surface area contributed by atoms with Crippen LogP contribution in [0, 0.1) is 0 Å². The van der Waals surface area contributed by atoms with Gasteiger partial charge in [0.1, 0.15) is 0 Å². The average molecular weight is 126 g/mol. The van der Waals surface area contributed by atoms with Crippen LogP contribution in [0.25, 0.3) is 0 Å². The molecular formula is C2H3F4Na. The molecule has 0 saturated carbocycles. The first-order valence-electron chi connectivity index (χ1n) is 1.19. The number of alkyl halides is 4. The SMILES string of the molecule is FCC(F)(F)F.[H-].[Na+]. The maximum absolute atomic E-state index is 10.4. The summed E-state index contributed by atoms with van der Waals surface area (Å²) in [5, 5.41) is 0. The van der Waals surface area contributed by atoms with Gasteiger partial charge in [-0.25, -0.2) is 4.39 Å². The van der Waals surface area contributed by atoms with Crippen LogP contribution in [0.2, 0.25) is 0 Å². The summed E-state index contributed by atoms with van der Waals surface area (Å²) in [5.41, 5.74) is 0. The van der Waals surface area contributed by atoms with Gasteiger partial charge in [0.05, 0.1) is 0 Å². The number of rotatable bonds is 0. The Kier molecular flexibility index (Phi) is 5.62. The molecule has 0 aromatic carbocycles. The molecule has 0 aromatic rings. The molecule has 0 spiro atoms. The molecule has 0 unspecified atom stereocenters. The van der Waals surface area contributed by atoms with E-state index in [2.05, 4.69) is 0 Å². The molecule has 0 saturated heterocycles. The topological polar surface area (TPSA) is 0 Å². The monoisotopic (exact) mass is 126 g/mol. The van der Waals surface area contributed by atoms with E-state index >= 15 is 0 Å². The molecule has 0 aromatic heterocycles. The van der Waals surface area contributed by atoms with Gasteiger partial charge in [0.2, 0.25) is 0 Å². The molecule has 0 N–H and O–H groups in total. The van der Waals surface area contributed by atoms with Crippen molar-refractivity contribution in [2.75, 3.05) is 6.67 Å². The molecule has 40 valence electrons. The molecule has 0 atom stereocenters. The van der Waals surface area contributed by atoms with Crippen molar-refractivity contribution in [2.24, 2.45) is 0 Å². The Morgan fingerprint density at radius 1 is 1.29 bits per heavy atom. The fourth-order valence-electron chi connectivity index (χ4n) is 0. The Labute approximate surface area is 61.7 Å². The molecule has 0 nitrogen and oxygen atoms in total. The minimum absolute atomic E-state index is 0. The van der Waals surface area contributed by atoms with E-state index in [9.17, 15) is 17.6 Å². The maximum atomic E-state index is 10.4. The zero-order valence-electron chi connectivity index (χ0n) is 4.72. The van der Waals surface area contributed by atoms with Gasteiger partial charge in [-0.3, -0.25) is 0 Å². The molecule has 0 fully saturated rings. The average Bonchev–Trinajstić information content (AvgIpc) is 1.35. The van der Waals surface area contributed by atoms with E-state index in [4.69, 9.17) is 0 Å². The number of hydrogen-bond acceptors (Lipinski definition) is 0. The minimum atomic E-state index is -4.62. The van der Waals surface area contributed by atoms with Gasteiger partial charge in [-0.15, -0.1) is 0 Å². The summed E-state index contributed by atoms with van der Waals surface area (Å²) in [6, 6.07) is 0. The zero-order chi connectivity index (χ0) is 5.21. The van der Waals surface area contributed by atoms with Gasteiger partial charge in [-0.1, -0.05) is 0 Å². The van der Waals surface area contributed by atoms with E-state index in [-0.39, 0.29) is 31.0 Å². The van der Waals surface area contributed by atoms with Gasteiger partial charge < -0.3 is 1.43 Å². The Balaban J connectivity index is -0.000000125. The van der Waals surface area contributed by atoms with E-state index in [1.807, 2.05) is 0 Å². The van der Waals surface area contributed by atoms with Gasteiger partial charge in [0.15, 0.2) is 6.67 Å². The van der Waals surface area contributed by atoms with Crippen LogP contribution < -0.4 is 29.6 Å². The summed E-state index contributed by atoms with van der Waals surface area (Å²) in [7, 11) is 0. The second-order valence-electron chi connectivity index (χ2n) is 0.749. The molecule has 0 aliphatic carbocycles. The van der Waals surface area contributed by atoms with E-state index in [0.717, 1.165) is 0 Å². The molecule has 0 radical (unpaired) electrons. The first-order valence-corrected chi connectivity index (χ1v) is 1.19. The third-order valence-corrected chi connectivity index (χ3v) is 0.152. The van der Waals surface area contributed by atoms with E-state index in [1.54, 1.807) is 0 Å². The first kappa shape index (κ1) is 10.7. The molecule has 0 aliphatic heterocycles. The van der Waals surface area contributed by atoms with Crippen LogP contribution in [0.4, 0.5) is 17.6 Å². The standard InChI is InChI=1S/C2H2F4.Na.H/c3-1-2(4,5)6;;/h1H2;;/q;+1;-1. The van der Waals surface area contributed by atoms with Gasteiger partial charge in [-0.2, -0.15) is 13.2 Å². The molecule has 0 aliphatic rings. The zero-order valence-corrected chi connectivity index (χ0v) is 5.72. The van der Waals surface area contributed by atoms with Crippen LogP contribution in [0.3, 0.4) is 0 Å². The van der Waals surface area contributed by atoms with Crippen molar-refractivity contribution in [3.8, 4) is 0 Å². The largest absolute Gasteiger partial charge is 1.00 e. The van der Waals surface area contributed by atoms with Gasteiger partial charge >= 0.3 is 35.7 Å². The van der Waals surface area contributed by atoms with Gasteiger partial charge in [0, 0.05) is 0 Å². The van der Waals surface area contributed by atoms with Crippen molar-refractivity contribution >= 4 is 0 Å². The van der Waals surface area contributed by atoms with Gasteiger partial charge in [-0.05, 0) is 0 Å². The Bertz CT molecular complexity index is 43.8. The summed E-state index contributed by atoms with van der Waals surface area (Å²) < 4.78 is 41.6. The molecule has 0 heterocycles. The number of hydrogen-bond donors (Lipinski definition) is 0. The fourth-order valence-corrected chi connectivity index (χ4v) is 0. The number of halogens is 4. The summed E-state index contributed by atoms with van der Waals surface area (Å²) in [6.45, 7) is -2.23. The minimum Gasteiger partial charge on any atom is -1.00 e. The molecule has 7 heavy (non-hydrogen) atoms. The molecule has 0 rings (SSSR count). The van der Waals surface area contributed by atoms with Crippen LogP contribution in [-0.4, -0.2) is 12.9 Å². The smallest absolute Gasteiger partial charge is 1.00 e. The molecule has 0 amide bonds. The normalized spacial score (nSPS) is 10.3. The summed E-state index contributed by atoms with van der Waals surface area (Å²) >= 11 is 0. The fraction of sp³-hybridized carbons (Fsp3) is 1.00. The van der Waals surface area contributed by atoms with Crippen LogP contribution in [0.5, 0.6) is 0 Å².